The number of nitrogens with one attached hydrogen (secondary N) is 1. The highest BCUT2D eigenvalue weighted by Crippen LogP contribution is 2.19. The van der Waals surface area contributed by atoms with Crippen molar-refractivity contribution in [2.24, 2.45) is 4.99 Å². The zero-order valence-corrected chi connectivity index (χ0v) is 10.3. The molecule has 0 fully saturated rings. The molecule has 1 heterocycles. The summed E-state index contributed by atoms with van der Waals surface area (Å²) < 4.78 is 13.4. The average Bonchev–Trinajstić information content (AvgIpc) is 2.74. The number of aryl methyl sites for hydroxylation is 1. The third-order valence-corrected chi connectivity index (χ3v) is 3.53. The molecule has 1 N–H and O–H groups in total. The number of hydrogen-bond donors (Lipinski definition) is 1. The average molecular weight is 238 g/mol. The fourth-order valence-corrected chi connectivity index (χ4v) is 2.39. The Bertz CT molecular complexity index is 417. The molecule has 16 heavy (non-hydrogen) atoms. The third-order valence-electron chi connectivity index (χ3n) is 2.62. The molecule has 1 aromatic carbocycles. The van der Waals surface area contributed by atoms with Gasteiger partial charge in [-0.05, 0) is 31.0 Å². The lowest BCUT2D eigenvalue weighted by Gasteiger charge is -2.15. The number of aliphatic imine (C=N–C) groups is 1. The van der Waals surface area contributed by atoms with Gasteiger partial charge in [-0.1, -0.05) is 23.9 Å². The first-order valence-electron chi connectivity index (χ1n) is 5.36. The number of rotatable bonds is 2. The monoisotopic (exact) mass is 238 g/mol. The molecule has 0 spiro atoms. The van der Waals surface area contributed by atoms with Crippen molar-refractivity contribution in [3.8, 4) is 0 Å². The zero-order valence-electron chi connectivity index (χ0n) is 9.46. The van der Waals surface area contributed by atoms with E-state index in [1.54, 1.807) is 24.8 Å². The molecule has 1 aliphatic rings. The molecule has 1 aromatic rings. The Morgan fingerprint density at radius 1 is 1.50 bits per heavy atom. The van der Waals surface area contributed by atoms with Gasteiger partial charge in [0.1, 0.15) is 5.82 Å². The van der Waals surface area contributed by atoms with E-state index >= 15 is 0 Å². The molecule has 0 aliphatic carbocycles. The lowest BCUT2D eigenvalue weighted by molar-refractivity contribution is 0.609. The van der Waals surface area contributed by atoms with Crippen LogP contribution < -0.4 is 5.32 Å². The summed E-state index contributed by atoms with van der Waals surface area (Å²) in [5.74, 6) is 0.893. The summed E-state index contributed by atoms with van der Waals surface area (Å²) in [7, 11) is 0. The number of nitrogens with zero attached hydrogens (tertiary/aromatic N) is 1. The van der Waals surface area contributed by atoms with Crippen LogP contribution in [0, 0.1) is 12.7 Å². The van der Waals surface area contributed by atoms with Crippen LogP contribution in [0.4, 0.5) is 4.39 Å². The molecule has 0 bridgehead atoms. The maximum absolute atomic E-state index is 13.4. The number of benzene rings is 1. The molecule has 1 unspecified atom stereocenters. The van der Waals surface area contributed by atoms with E-state index in [0.717, 1.165) is 23.0 Å². The van der Waals surface area contributed by atoms with E-state index in [9.17, 15) is 4.39 Å². The van der Waals surface area contributed by atoms with Crippen molar-refractivity contribution >= 4 is 16.9 Å². The summed E-state index contributed by atoms with van der Waals surface area (Å²) in [6.07, 6.45) is 0. The summed E-state index contributed by atoms with van der Waals surface area (Å²) in [6, 6.07) is 5.45. The van der Waals surface area contributed by atoms with Crippen LogP contribution in [0.15, 0.2) is 23.2 Å². The van der Waals surface area contributed by atoms with E-state index in [0.29, 0.717) is 5.56 Å². The first-order valence-corrected chi connectivity index (χ1v) is 6.35. The van der Waals surface area contributed by atoms with Crippen molar-refractivity contribution in [1.82, 2.24) is 5.32 Å². The zero-order chi connectivity index (χ0) is 11.5. The molecule has 1 aliphatic heterocycles. The smallest absolute Gasteiger partial charge is 0.157 e. The second-order valence-corrected chi connectivity index (χ2v) is 4.99. The Labute approximate surface area is 99.3 Å². The van der Waals surface area contributed by atoms with Crippen LogP contribution in [0.2, 0.25) is 0 Å². The Morgan fingerprint density at radius 2 is 2.31 bits per heavy atom. The number of amidine groups is 1. The SMILES string of the molecule is Cc1ccc(C(C)NC2=NCCS2)cc1F. The van der Waals surface area contributed by atoms with Gasteiger partial charge in [-0.25, -0.2) is 4.39 Å². The molecule has 0 amide bonds. The molecular formula is C12H15FN2S. The van der Waals surface area contributed by atoms with Crippen LogP contribution in [-0.2, 0) is 0 Å². The van der Waals surface area contributed by atoms with Gasteiger partial charge in [-0.3, -0.25) is 4.99 Å². The lowest BCUT2D eigenvalue weighted by Crippen LogP contribution is -2.23. The van der Waals surface area contributed by atoms with E-state index in [1.165, 1.54) is 0 Å². The van der Waals surface area contributed by atoms with Gasteiger partial charge in [0, 0.05) is 5.75 Å². The molecule has 86 valence electrons. The molecule has 0 saturated heterocycles. The minimum Gasteiger partial charge on any atom is -0.358 e. The summed E-state index contributed by atoms with van der Waals surface area (Å²) in [5.41, 5.74) is 1.64. The van der Waals surface area contributed by atoms with Crippen LogP contribution in [0.1, 0.15) is 24.1 Å². The molecule has 2 nitrogen and oxygen atoms in total. The fourth-order valence-electron chi connectivity index (χ4n) is 1.57. The van der Waals surface area contributed by atoms with E-state index in [-0.39, 0.29) is 11.9 Å². The van der Waals surface area contributed by atoms with E-state index in [1.807, 2.05) is 19.1 Å². The maximum Gasteiger partial charge on any atom is 0.157 e. The fraction of sp³-hybridized carbons (Fsp3) is 0.417. The Balaban J connectivity index is 2.08. The quantitative estimate of drug-likeness (QED) is 0.856. The minimum atomic E-state index is -0.146. The van der Waals surface area contributed by atoms with Crippen LogP contribution in [0.25, 0.3) is 0 Å². The highest BCUT2D eigenvalue weighted by molar-refractivity contribution is 8.14. The predicted octanol–water partition coefficient (Wildman–Crippen LogP) is 2.89. The molecular weight excluding hydrogens is 223 g/mol. The molecule has 4 heteroatoms. The summed E-state index contributed by atoms with van der Waals surface area (Å²) in [4.78, 5) is 4.32. The molecule has 1 atom stereocenters. The Morgan fingerprint density at radius 3 is 2.94 bits per heavy atom. The number of hydrogen-bond acceptors (Lipinski definition) is 3. The van der Waals surface area contributed by atoms with E-state index in [2.05, 4.69) is 10.3 Å². The highest BCUT2D eigenvalue weighted by Gasteiger charge is 2.12. The second-order valence-electron chi connectivity index (χ2n) is 3.91. The van der Waals surface area contributed by atoms with Crippen molar-refractivity contribution in [1.29, 1.82) is 0 Å². The second kappa shape index (κ2) is 4.87. The maximum atomic E-state index is 13.4. The van der Waals surface area contributed by atoms with Crippen LogP contribution in [-0.4, -0.2) is 17.5 Å². The predicted molar refractivity (Wildman–Crippen MR) is 67.4 cm³/mol. The number of thioether (sulfide) groups is 1. The molecule has 2 rings (SSSR count). The van der Waals surface area contributed by atoms with Gasteiger partial charge >= 0.3 is 0 Å². The van der Waals surface area contributed by atoms with E-state index < -0.39 is 0 Å². The van der Waals surface area contributed by atoms with Gasteiger partial charge in [0.25, 0.3) is 0 Å². The van der Waals surface area contributed by atoms with Gasteiger partial charge in [-0.2, -0.15) is 0 Å². The van der Waals surface area contributed by atoms with E-state index in [4.69, 9.17) is 0 Å². The molecule has 0 aromatic heterocycles. The van der Waals surface area contributed by atoms with Crippen LogP contribution in [0.3, 0.4) is 0 Å². The van der Waals surface area contributed by atoms with Crippen LogP contribution >= 0.6 is 11.8 Å². The van der Waals surface area contributed by atoms with Crippen molar-refractivity contribution in [2.45, 2.75) is 19.9 Å². The molecule has 0 saturated carbocycles. The topological polar surface area (TPSA) is 24.4 Å². The normalized spacial score (nSPS) is 17.1. The minimum absolute atomic E-state index is 0.0967. The summed E-state index contributed by atoms with van der Waals surface area (Å²) in [6.45, 7) is 4.67. The van der Waals surface area contributed by atoms with Crippen molar-refractivity contribution in [3.05, 3.63) is 35.1 Å². The number of halogens is 1. The van der Waals surface area contributed by atoms with Gasteiger partial charge < -0.3 is 5.32 Å². The lowest BCUT2D eigenvalue weighted by atomic mass is 10.1. The first kappa shape index (κ1) is 11.5. The highest BCUT2D eigenvalue weighted by atomic mass is 32.2. The van der Waals surface area contributed by atoms with Crippen molar-refractivity contribution in [3.63, 3.8) is 0 Å². The van der Waals surface area contributed by atoms with Crippen molar-refractivity contribution < 1.29 is 4.39 Å². The van der Waals surface area contributed by atoms with Gasteiger partial charge in [0.15, 0.2) is 5.17 Å². The Kier molecular flexibility index (Phi) is 3.49. The van der Waals surface area contributed by atoms with Crippen LogP contribution in [0.5, 0.6) is 0 Å². The van der Waals surface area contributed by atoms with Crippen molar-refractivity contribution in [2.75, 3.05) is 12.3 Å². The third kappa shape index (κ3) is 2.55. The van der Waals surface area contributed by atoms with Gasteiger partial charge in [0.2, 0.25) is 0 Å². The first-order chi connectivity index (χ1) is 7.66. The summed E-state index contributed by atoms with van der Waals surface area (Å²) in [5, 5.41) is 4.25. The standard InChI is InChI=1S/C12H15FN2S/c1-8-3-4-10(7-11(8)13)9(2)15-12-14-5-6-16-12/h3-4,7,9H,5-6H2,1-2H3,(H,14,15). The molecule has 0 radical (unpaired) electrons. The van der Waals surface area contributed by atoms with Gasteiger partial charge in [0.05, 0.1) is 12.6 Å². The van der Waals surface area contributed by atoms with Gasteiger partial charge in [-0.15, -0.1) is 0 Å². The Hall–Kier alpha value is -1.03. The summed E-state index contributed by atoms with van der Waals surface area (Å²) >= 11 is 1.72. The largest absolute Gasteiger partial charge is 0.358 e.